The van der Waals surface area contributed by atoms with Gasteiger partial charge in [0.15, 0.2) is 0 Å². The number of likely N-dealkylation sites (tertiary alicyclic amines) is 1. The lowest BCUT2D eigenvalue weighted by molar-refractivity contribution is -0.140. The number of Topliss-reactive ketones (excluding diaryl/α,β-unsaturated/α-hetero) is 1. The topological polar surface area (TPSA) is 97.8 Å². The van der Waals surface area contributed by atoms with Crippen LogP contribution in [-0.2, 0) is 16.1 Å². The molecule has 32 heavy (non-hydrogen) atoms. The van der Waals surface area contributed by atoms with Gasteiger partial charge < -0.3 is 23.7 Å². The number of aliphatic hydroxyl groups is 1. The summed E-state index contributed by atoms with van der Waals surface area (Å²) in [4.78, 5) is 31.4. The third-order valence-electron chi connectivity index (χ3n) is 5.37. The number of halogens is 1. The van der Waals surface area contributed by atoms with Gasteiger partial charge in [-0.15, -0.1) is 0 Å². The summed E-state index contributed by atoms with van der Waals surface area (Å²) in [7, 11) is 1.48. The Balaban J connectivity index is 1.72. The number of carbonyl (C=O) groups excluding carboxylic acids is 2. The molecular formula is C23H22ClN3O5. The molecule has 1 aliphatic heterocycles. The lowest BCUT2D eigenvalue weighted by Gasteiger charge is -2.23. The number of aliphatic hydroxyl groups excluding tert-OH is 1. The summed E-state index contributed by atoms with van der Waals surface area (Å²) in [6.45, 7) is 2.70. The molecule has 8 nitrogen and oxygen atoms in total. The molecule has 1 aliphatic rings. The summed E-state index contributed by atoms with van der Waals surface area (Å²) in [6, 6.07) is 7.29. The van der Waals surface area contributed by atoms with E-state index in [1.54, 1.807) is 43.7 Å². The Labute approximate surface area is 189 Å². The maximum Gasteiger partial charge on any atom is 0.295 e. The van der Waals surface area contributed by atoms with Crippen LogP contribution in [0.2, 0.25) is 5.02 Å². The lowest BCUT2D eigenvalue weighted by atomic mass is 9.99. The van der Waals surface area contributed by atoms with Crippen molar-refractivity contribution in [2.24, 2.45) is 0 Å². The Kier molecular flexibility index (Phi) is 6.05. The van der Waals surface area contributed by atoms with Crippen molar-refractivity contribution in [2.45, 2.75) is 25.9 Å². The number of nitrogens with zero attached hydrogens (tertiary/aromatic N) is 3. The van der Waals surface area contributed by atoms with Gasteiger partial charge in [0.1, 0.15) is 29.1 Å². The minimum Gasteiger partial charge on any atom is -0.507 e. The van der Waals surface area contributed by atoms with Crippen LogP contribution in [0.5, 0.6) is 5.75 Å². The van der Waals surface area contributed by atoms with Gasteiger partial charge in [0.05, 0.1) is 24.0 Å². The number of imidazole rings is 1. The molecule has 4 rings (SSSR count). The van der Waals surface area contributed by atoms with E-state index in [2.05, 4.69) is 4.98 Å². The van der Waals surface area contributed by atoms with Gasteiger partial charge in [-0.1, -0.05) is 11.6 Å². The number of furan rings is 1. The number of aryl methyl sites for hydroxylation is 2. The fourth-order valence-electron chi connectivity index (χ4n) is 3.82. The number of ketones is 1. The molecule has 1 N–H and O–H groups in total. The van der Waals surface area contributed by atoms with E-state index in [-0.39, 0.29) is 16.4 Å². The standard InChI is InChI=1S/C23H22ClN3O5/c1-14-4-6-18(32-14)20-19(21(28)15-5-7-17(31-2)16(24)12-15)22(29)23(30)27(20)10-3-9-26-11-8-25-13-26/h4-8,11-13,20,28H,3,9-10H2,1-2H3/t20-/m1/s1. The summed E-state index contributed by atoms with van der Waals surface area (Å²) in [5.74, 6) is -0.292. The summed E-state index contributed by atoms with van der Waals surface area (Å²) >= 11 is 6.20. The van der Waals surface area contributed by atoms with Gasteiger partial charge in [0, 0.05) is 31.0 Å². The zero-order valence-corrected chi connectivity index (χ0v) is 18.4. The highest BCUT2D eigenvalue weighted by Gasteiger charge is 2.47. The fourth-order valence-corrected chi connectivity index (χ4v) is 4.08. The Morgan fingerprint density at radius 3 is 2.69 bits per heavy atom. The largest absolute Gasteiger partial charge is 0.507 e. The Hall–Kier alpha value is -3.52. The van der Waals surface area contributed by atoms with Crippen LogP contribution in [-0.4, -0.2) is 44.9 Å². The third kappa shape index (κ3) is 4.01. The molecular weight excluding hydrogens is 434 g/mol. The second kappa shape index (κ2) is 8.92. The molecule has 2 aromatic heterocycles. The molecule has 0 spiro atoms. The highest BCUT2D eigenvalue weighted by Crippen LogP contribution is 2.40. The molecule has 1 fully saturated rings. The second-order valence-corrected chi connectivity index (χ2v) is 7.85. The number of amides is 1. The first kappa shape index (κ1) is 21.7. The molecule has 0 saturated carbocycles. The van der Waals surface area contributed by atoms with Gasteiger partial charge in [-0.2, -0.15) is 0 Å². The summed E-state index contributed by atoms with van der Waals surface area (Å²) in [5.41, 5.74) is 0.272. The van der Waals surface area contributed by atoms with Crippen LogP contribution in [0.25, 0.3) is 5.76 Å². The van der Waals surface area contributed by atoms with Crippen LogP contribution in [0.3, 0.4) is 0 Å². The first-order chi connectivity index (χ1) is 15.4. The summed E-state index contributed by atoms with van der Waals surface area (Å²) < 4.78 is 12.8. The van der Waals surface area contributed by atoms with Crippen LogP contribution in [0.15, 0.2) is 59.0 Å². The zero-order valence-electron chi connectivity index (χ0n) is 17.6. The van der Waals surface area contributed by atoms with Crippen LogP contribution in [0.4, 0.5) is 0 Å². The van der Waals surface area contributed by atoms with Crippen LogP contribution < -0.4 is 4.74 Å². The van der Waals surface area contributed by atoms with E-state index in [0.717, 1.165) is 0 Å². The normalized spacial score (nSPS) is 17.8. The molecule has 1 aromatic carbocycles. The van der Waals surface area contributed by atoms with E-state index in [1.165, 1.54) is 18.1 Å². The van der Waals surface area contributed by atoms with Crippen LogP contribution >= 0.6 is 11.6 Å². The van der Waals surface area contributed by atoms with Crippen molar-refractivity contribution in [3.8, 4) is 5.75 Å². The van der Waals surface area contributed by atoms with Gasteiger partial charge >= 0.3 is 0 Å². The van der Waals surface area contributed by atoms with Gasteiger partial charge in [0.25, 0.3) is 11.7 Å². The number of benzene rings is 1. The molecule has 0 unspecified atom stereocenters. The molecule has 166 valence electrons. The molecule has 9 heteroatoms. The number of methoxy groups -OCH3 is 1. The van der Waals surface area contributed by atoms with Crippen molar-refractivity contribution in [1.82, 2.24) is 14.5 Å². The third-order valence-corrected chi connectivity index (χ3v) is 5.67. The van der Waals surface area contributed by atoms with Crippen molar-refractivity contribution in [3.63, 3.8) is 0 Å². The van der Waals surface area contributed by atoms with Crippen LogP contribution in [0, 0.1) is 6.92 Å². The van der Waals surface area contributed by atoms with Gasteiger partial charge in [0.2, 0.25) is 0 Å². The molecule has 1 amide bonds. The number of aromatic nitrogens is 2. The van der Waals surface area contributed by atoms with Crippen LogP contribution in [0.1, 0.15) is 29.5 Å². The summed E-state index contributed by atoms with van der Waals surface area (Å²) in [5, 5.41) is 11.3. The Bertz CT molecular complexity index is 1180. The lowest BCUT2D eigenvalue weighted by Crippen LogP contribution is -2.31. The van der Waals surface area contributed by atoms with E-state index in [9.17, 15) is 14.7 Å². The zero-order chi connectivity index (χ0) is 22.8. The molecule has 0 radical (unpaired) electrons. The molecule has 1 atom stereocenters. The van der Waals surface area contributed by atoms with E-state index < -0.39 is 17.7 Å². The average molecular weight is 456 g/mol. The average Bonchev–Trinajstić information content (AvgIpc) is 3.50. The number of ether oxygens (including phenoxy) is 1. The Morgan fingerprint density at radius 2 is 2.06 bits per heavy atom. The summed E-state index contributed by atoms with van der Waals surface area (Å²) in [6.07, 6.45) is 5.79. The predicted octanol–water partition coefficient (Wildman–Crippen LogP) is 3.96. The Morgan fingerprint density at radius 1 is 1.25 bits per heavy atom. The first-order valence-electron chi connectivity index (χ1n) is 10.0. The van der Waals surface area contributed by atoms with Gasteiger partial charge in [-0.05, 0) is 43.7 Å². The maximum absolute atomic E-state index is 13.0. The van der Waals surface area contributed by atoms with Crippen molar-refractivity contribution in [2.75, 3.05) is 13.7 Å². The number of hydrogen-bond acceptors (Lipinski definition) is 6. The first-order valence-corrected chi connectivity index (χ1v) is 10.4. The minimum atomic E-state index is -0.840. The number of hydrogen-bond donors (Lipinski definition) is 1. The van der Waals surface area contributed by atoms with Crippen molar-refractivity contribution < 1.29 is 23.8 Å². The molecule has 1 saturated heterocycles. The number of rotatable bonds is 7. The monoisotopic (exact) mass is 455 g/mol. The second-order valence-electron chi connectivity index (χ2n) is 7.44. The van der Waals surface area contributed by atoms with E-state index in [4.69, 9.17) is 20.8 Å². The van der Waals surface area contributed by atoms with Gasteiger partial charge in [-0.3, -0.25) is 9.59 Å². The highest BCUT2D eigenvalue weighted by molar-refractivity contribution is 6.46. The van der Waals surface area contributed by atoms with Crippen molar-refractivity contribution in [3.05, 3.63) is 76.7 Å². The SMILES string of the molecule is COc1ccc(C(O)=C2C(=O)C(=O)N(CCCn3ccnc3)[C@@H]2c2ccc(C)o2)cc1Cl. The van der Waals surface area contributed by atoms with E-state index in [1.807, 2.05) is 10.8 Å². The molecule has 0 bridgehead atoms. The van der Waals surface area contributed by atoms with Crippen molar-refractivity contribution >= 4 is 29.1 Å². The van der Waals surface area contributed by atoms with Crippen molar-refractivity contribution in [1.29, 1.82) is 0 Å². The molecule has 3 heterocycles. The quantitative estimate of drug-likeness (QED) is 0.329. The van der Waals surface area contributed by atoms with Gasteiger partial charge in [-0.25, -0.2) is 4.98 Å². The smallest absolute Gasteiger partial charge is 0.295 e. The maximum atomic E-state index is 13.0. The fraction of sp³-hybridized carbons (Fsp3) is 0.261. The van der Waals surface area contributed by atoms with E-state index >= 15 is 0 Å². The molecule has 0 aliphatic carbocycles. The number of carbonyl (C=O) groups is 2. The minimum absolute atomic E-state index is 0.0341. The highest BCUT2D eigenvalue weighted by atomic mass is 35.5. The predicted molar refractivity (Wildman–Crippen MR) is 117 cm³/mol. The molecule has 3 aromatic rings. The van der Waals surface area contributed by atoms with E-state index in [0.29, 0.717) is 42.3 Å².